The second-order valence-corrected chi connectivity index (χ2v) is 8.20. The van der Waals surface area contributed by atoms with Crippen LogP contribution in [0.4, 0.5) is 5.95 Å². The molecule has 0 spiro atoms. The number of rotatable bonds is 4. The van der Waals surface area contributed by atoms with Crippen LogP contribution in [0.25, 0.3) is 22.2 Å². The van der Waals surface area contributed by atoms with Crippen LogP contribution < -0.4 is 5.32 Å². The first-order valence-electron chi connectivity index (χ1n) is 10.9. The molecule has 0 bridgehead atoms. The number of hydrogen-bond donors (Lipinski definition) is 1. The molecule has 1 aliphatic heterocycles. The summed E-state index contributed by atoms with van der Waals surface area (Å²) in [6, 6.07) is 6.45. The molecule has 2 aliphatic rings. The number of fused-ring (bicyclic) bond motifs is 1. The molecular weight excluding hydrogens is 392 g/mol. The fourth-order valence-corrected chi connectivity index (χ4v) is 4.55. The molecule has 1 aliphatic carbocycles. The molecule has 8 heteroatoms. The second kappa shape index (κ2) is 9.03. The molecule has 5 rings (SSSR count). The number of carbonyl (C=O) groups is 1. The van der Waals surface area contributed by atoms with E-state index in [-0.39, 0.29) is 11.8 Å². The van der Waals surface area contributed by atoms with Crippen LogP contribution in [0.3, 0.4) is 0 Å². The summed E-state index contributed by atoms with van der Waals surface area (Å²) in [6.45, 7) is 3.64. The second-order valence-electron chi connectivity index (χ2n) is 8.20. The predicted molar refractivity (Wildman–Crippen MR) is 117 cm³/mol. The van der Waals surface area contributed by atoms with Gasteiger partial charge in [-0.25, -0.2) is 9.97 Å². The smallest absolute Gasteiger partial charge is 0.229 e. The Balaban J connectivity index is 1.24. The Hall–Kier alpha value is -2.97. The van der Waals surface area contributed by atoms with Crippen LogP contribution in [-0.2, 0) is 9.53 Å². The fourth-order valence-electron chi connectivity index (χ4n) is 4.55. The van der Waals surface area contributed by atoms with Gasteiger partial charge in [0.05, 0.1) is 30.6 Å². The predicted octanol–water partition coefficient (Wildman–Crippen LogP) is 2.92. The Morgan fingerprint density at radius 1 is 1.03 bits per heavy atom. The average Bonchev–Trinajstić information content (AvgIpc) is 2.85. The van der Waals surface area contributed by atoms with E-state index >= 15 is 0 Å². The number of anilines is 1. The number of ether oxygens (including phenoxy) is 1. The molecule has 1 saturated heterocycles. The van der Waals surface area contributed by atoms with E-state index < -0.39 is 0 Å². The molecule has 31 heavy (non-hydrogen) atoms. The Morgan fingerprint density at radius 2 is 1.87 bits per heavy atom. The fraction of sp³-hybridized carbons (Fsp3) is 0.435. The molecule has 0 radical (unpaired) electrons. The molecular formula is C23H26N6O2. The van der Waals surface area contributed by atoms with E-state index in [1.165, 1.54) is 0 Å². The highest BCUT2D eigenvalue weighted by Crippen LogP contribution is 2.29. The van der Waals surface area contributed by atoms with E-state index in [4.69, 9.17) is 4.74 Å². The number of hydrogen-bond acceptors (Lipinski definition) is 7. The highest BCUT2D eigenvalue weighted by atomic mass is 16.5. The van der Waals surface area contributed by atoms with Gasteiger partial charge in [-0.15, -0.1) is 0 Å². The van der Waals surface area contributed by atoms with Crippen molar-refractivity contribution in [1.82, 2.24) is 24.8 Å². The lowest BCUT2D eigenvalue weighted by atomic mass is 9.84. The molecule has 1 aromatic carbocycles. The molecule has 160 valence electrons. The lowest BCUT2D eigenvalue weighted by molar-refractivity contribution is -0.121. The monoisotopic (exact) mass is 418 g/mol. The number of nitrogens with zero attached hydrogens (tertiary/aromatic N) is 5. The van der Waals surface area contributed by atoms with E-state index in [2.05, 4.69) is 30.2 Å². The Labute approximate surface area is 181 Å². The van der Waals surface area contributed by atoms with Crippen molar-refractivity contribution in [2.45, 2.75) is 31.7 Å². The lowest BCUT2D eigenvalue weighted by Crippen LogP contribution is -2.45. The Morgan fingerprint density at radius 3 is 2.65 bits per heavy atom. The molecule has 3 aromatic rings. The molecule has 1 saturated carbocycles. The molecule has 3 heterocycles. The third kappa shape index (κ3) is 4.55. The van der Waals surface area contributed by atoms with Gasteiger partial charge in [-0.1, -0.05) is 12.1 Å². The third-order valence-corrected chi connectivity index (χ3v) is 6.31. The first-order valence-corrected chi connectivity index (χ1v) is 10.9. The molecule has 2 fully saturated rings. The molecule has 1 amide bonds. The molecule has 0 atom stereocenters. The first kappa shape index (κ1) is 20.0. The van der Waals surface area contributed by atoms with E-state index in [1.807, 2.05) is 18.2 Å². The minimum atomic E-state index is 0.0162. The zero-order chi connectivity index (χ0) is 21.0. The van der Waals surface area contributed by atoms with E-state index in [0.29, 0.717) is 12.0 Å². The molecule has 1 N–H and O–H groups in total. The van der Waals surface area contributed by atoms with Gasteiger partial charge >= 0.3 is 0 Å². The van der Waals surface area contributed by atoms with Crippen molar-refractivity contribution in [3.8, 4) is 11.3 Å². The summed E-state index contributed by atoms with van der Waals surface area (Å²) in [4.78, 5) is 32.7. The Bertz CT molecular complexity index is 1050. The van der Waals surface area contributed by atoms with Gasteiger partial charge in [-0.3, -0.25) is 25.0 Å². The summed E-state index contributed by atoms with van der Waals surface area (Å²) in [7, 11) is 0. The van der Waals surface area contributed by atoms with Gasteiger partial charge in [0.25, 0.3) is 0 Å². The summed E-state index contributed by atoms with van der Waals surface area (Å²) >= 11 is 0. The summed E-state index contributed by atoms with van der Waals surface area (Å²) < 4.78 is 5.45. The topological polar surface area (TPSA) is 93.1 Å². The van der Waals surface area contributed by atoms with E-state index in [0.717, 1.165) is 74.1 Å². The van der Waals surface area contributed by atoms with Crippen LogP contribution >= 0.6 is 0 Å². The van der Waals surface area contributed by atoms with E-state index in [1.54, 1.807) is 24.8 Å². The number of nitrogens with one attached hydrogen (secondary N) is 1. The largest absolute Gasteiger partial charge is 0.379 e. The minimum Gasteiger partial charge on any atom is -0.379 e. The van der Waals surface area contributed by atoms with Gasteiger partial charge in [-0.05, 0) is 31.7 Å². The average molecular weight is 419 g/mol. The van der Waals surface area contributed by atoms with Gasteiger partial charge < -0.3 is 4.74 Å². The zero-order valence-corrected chi connectivity index (χ0v) is 17.4. The maximum atomic E-state index is 12.8. The maximum absolute atomic E-state index is 12.8. The standard InChI is InChI=1S/C23H26N6O2/c30-22(16-3-5-19(6-4-16)29-9-11-31-12-10-29)28-23-26-14-18-2-1-17(13-20(18)27-23)21-15-24-7-8-25-21/h1-2,7-8,13-16,19H,3-6,9-12H2,(H,26,27,28,30)/t16-,19-. The van der Waals surface area contributed by atoms with Gasteiger partial charge in [0.1, 0.15) is 0 Å². The number of morpholine rings is 1. The van der Waals surface area contributed by atoms with E-state index in [9.17, 15) is 4.79 Å². The van der Waals surface area contributed by atoms with Crippen molar-refractivity contribution >= 4 is 22.8 Å². The third-order valence-electron chi connectivity index (χ3n) is 6.31. The molecule has 8 nitrogen and oxygen atoms in total. The molecule has 2 aromatic heterocycles. The summed E-state index contributed by atoms with van der Waals surface area (Å²) in [6.07, 6.45) is 10.7. The lowest BCUT2D eigenvalue weighted by Gasteiger charge is -2.38. The van der Waals surface area contributed by atoms with Crippen molar-refractivity contribution in [1.29, 1.82) is 0 Å². The number of benzene rings is 1. The minimum absolute atomic E-state index is 0.0162. The van der Waals surface area contributed by atoms with Crippen LogP contribution in [0.2, 0.25) is 0 Å². The SMILES string of the molecule is O=C(Nc1ncc2ccc(-c3cnccn3)cc2n1)[C@H]1CC[C@H](N2CCOCC2)CC1. The van der Waals surface area contributed by atoms with Crippen molar-refractivity contribution in [2.75, 3.05) is 31.6 Å². The van der Waals surface area contributed by atoms with Gasteiger partial charge in [0.2, 0.25) is 11.9 Å². The first-order chi connectivity index (χ1) is 15.3. The summed E-state index contributed by atoms with van der Waals surface area (Å²) in [5.74, 6) is 0.386. The van der Waals surface area contributed by atoms with Crippen LogP contribution in [0.5, 0.6) is 0 Å². The van der Waals surface area contributed by atoms with Crippen molar-refractivity contribution < 1.29 is 9.53 Å². The normalized spacial score (nSPS) is 22.3. The number of carbonyl (C=O) groups excluding carboxylic acids is 1. The van der Waals surface area contributed by atoms with Crippen LogP contribution in [-0.4, -0.2) is 63.1 Å². The zero-order valence-electron chi connectivity index (χ0n) is 17.4. The quantitative estimate of drug-likeness (QED) is 0.696. The van der Waals surface area contributed by atoms with Crippen molar-refractivity contribution in [3.63, 3.8) is 0 Å². The van der Waals surface area contributed by atoms with Gasteiger partial charge in [-0.2, -0.15) is 0 Å². The van der Waals surface area contributed by atoms with Crippen LogP contribution in [0.1, 0.15) is 25.7 Å². The number of aromatic nitrogens is 4. The van der Waals surface area contributed by atoms with Gasteiger partial charge in [0.15, 0.2) is 0 Å². The molecule has 0 unspecified atom stereocenters. The summed E-state index contributed by atoms with van der Waals surface area (Å²) in [5, 5.41) is 3.85. The van der Waals surface area contributed by atoms with Crippen LogP contribution in [0, 0.1) is 5.92 Å². The number of amides is 1. The van der Waals surface area contributed by atoms with Gasteiger partial charge in [0, 0.05) is 54.6 Å². The maximum Gasteiger partial charge on any atom is 0.229 e. The highest BCUT2D eigenvalue weighted by Gasteiger charge is 2.30. The van der Waals surface area contributed by atoms with Crippen molar-refractivity contribution in [3.05, 3.63) is 43.0 Å². The van der Waals surface area contributed by atoms with Crippen molar-refractivity contribution in [2.24, 2.45) is 5.92 Å². The van der Waals surface area contributed by atoms with Crippen LogP contribution in [0.15, 0.2) is 43.0 Å². The highest BCUT2D eigenvalue weighted by molar-refractivity contribution is 5.92. The summed E-state index contributed by atoms with van der Waals surface area (Å²) in [5.41, 5.74) is 2.48. The Kier molecular flexibility index (Phi) is 5.82.